The van der Waals surface area contributed by atoms with Gasteiger partial charge in [0.15, 0.2) is 6.61 Å². The van der Waals surface area contributed by atoms with E-state index in [9.17, 15) is 18.0 Å². The van der Waals surface area contributed by atoms with E-state index in [0.29, 0.717) is 27.8 Å². The number of carbonyl (C=O) groups is 2. The lowest BCUT2D eigenvalue weighted by Crippen LogP contribution is -2.21. The maximum Gasteiger partial charge on any atom is 0.339 e. The number of pyridine rings is 1. The highest BCUT2D eigenvalue weighted by Crippen LogP contribution is 2.28. The highest BCUT2D eigenvalue weighted by molar-refractivity contribution is 7.89. The molecule has 2 aromatic carbocycles. The van der Waals surface area contributed by atoms with Gasteiger partial charge in [-0.15, -0.1) is 11.3 Å². The Kier molecular flexibility index (Phi) is 5.99. The summed E-state index contributed by atoms with van der Waals surface area (Å²) in [5, 5.41) is 10.1. The molecule has 32 heavy (non-hydrogen) atoms. The molecule has 8 nitrogen and oxygen atoms in total. The second kappa shape index (κ2) is 8.87. The number of aromatic nitrogens is 1. The number of hydrogen-bond donors (Lipinski definition) is 2. The van der Waals surface area contributed by atoms with Crippen LogP contribution in [0.3, 0.4) is 0 Å². The Hall–Kier alpha value is -3.60. The van der Waals surface area contributed by atoms with Crippen LogP contribution in [0.2, 0.25) is 0 Å². The predicted octanol–water partition coefficient (Wildman–Crippen LogP) is 3.41. The Balaban J connectivity index is 1.48. The van der Waals surface area contributed by atoms with Gasteiger partial charge in [0.25, 0.3) is 5.91 Å². The van der Waals surface area contributed by atoms with Crippen LogP contribution in [0.15, 0.2) is 77.0 Å². The standard InChI is InChI=1S/C22H17N3O5S2/c23-32(28,29)15-9-7-14(8-10-15)24-21(26)13-30-22(27)17-12-19(20-6-3-11-31-20)25-18-5-2-1-4-16(17)18/h1-12H,13H2,(H,24,26)(H2,23,28,29). The summed E-state index contributed by atoms with van der Waals surface area (Å²) in [5.74, 6) is -1.22. The normalized spacial score (nSPS) is 11.3. The third-order valence-electron chi connectivity index (χ3n) is 4.51. The summed E-state index contributed by atoms with van der Waals surface area (Å²) < 4.78 is 27.8. The van der Waals surface area contributed by atoms with E-state index >= 15 is 0 Å². The summed E-state index contributed by atoms with van der Waals surface area (Å²) in [4.78, 5) is 30.4. The molecule has 2 aromatic heterocycles. The zero-order chi connectivity index (χ0) is 22.7. The molecule has 0 unspecified atom stereocenters. The number of nitrogens with two attached hydrogens (primary N) is 1. The smallest absolute Gasteiger partial charge is 0.339 e. The number of nitrogens with one attached hydrogen (secondary N) is 1. The minimum atomic E-state index is -3.82. The van der Waals surface area contributed by atoms with E-state index in [0.717, 1.165) is 4.88 Å². The van der Waals surface area contributed by atoms with Crippen molar-refractivity contribution in [2.75, 3.05) is 11.9 Å². The van der Waals surface area contributed by atoms with Crippen molar-refractivity contribution in [2.24, 2.45) is 5.14 Å². The molecule has 0 saturated carbocycles. The number of carbonyl (C=O) groups excluding carboxylic acids is 2. The molecule has 2 heterocycles. The van der Waals surface area contributed by atoms with Crippen LogP contribution in [0.25, 0.3) is 21.5 Å². The van der Waals surface area contributed by atoms with Gasteiger partial charge in [-0.3, -0.25) is 4.79 Å². The van der Waals surface area contributed by atoms with Crippen molar-refractivity contribution in [1.29, 1.82) is 0 Å². The summed E-state index contributed by atoms with van der Waals surface area (Å²) in [7, 11) is -3.82. The van der Waals surface area contributed by atoms with Gasteiger partial charge >= 0.3 is 5.97 Å². The van der Waals surface area contributed by atoms with Gasteiger partial charge in [-0.2, -0.15) is 0 Å². The molecule has 0 saturated heterocycles. The average Bonchev–Trinajstić information content (AvgIpc) is 3.31. The molecule has 0 radical (unpaired) electrons. The second-order valence-electron chi connectivity index (χ2n) is 6.74. The van der Waals surface area contributed by atoms with Crippen molar-refractivity contribution in [1.82, 2.24) is 4.98 Å². The van der Waals surface area contributed by atoms with Crippen molar-refractivity contribution in [3.8, 4) is 10.6 Å². The van der Waals surface area contributed by atoms with Crippen LogP contribution < -0.4 is 10.5 Å². The average molecular weight is 468 g/mol. The lowest BCUT2D eigenvalue weighted by Gasteiger charge is -2.10. The van der Waals surface area contributed by atoms with Crippen molar-refractivity contribution in [2.45, 2.75) is 4.90 Å². The topological polar surface area (TPSA) is 128 Å². The summed E-state index contributed by atoms with van der Waals surface area (Å²) in [6.45, 7) is -0.513. The van der Waals surface area contributed by atoms with Crippen LogP contribution in [0.5, 0.6) is 0 Å². The number of benzene rings is 2. The lowest BCUT2D eigenvalue weighted by atomic mass is 10.1. The zero-order valence-electron chi connectivity index (χ0n) is 16.5. The van der Waals surface area contributed by atoms with Crippen LogP contribution in [-0.2, 0) is 19.6 Å². The number of nitrogens with zero attached hydrogens (tertiary/aromatic N) is 1. The number of ether oxygens (including phenoxy) is 1. The summed E-state index contributed by atoms with van der Waals surface area (Å²) in [6, 6.07) is 18.0. The Morgan fingerprint density at radius 1 is 1.03 bits per heavy atom. The number of primary sulfonamides is 1. The van der Waals surface area contributed by atoms with Crippen LogP contribution in [0.1, 0.15) is 10.4 Å². The molecule has 0 spiro atoms. The Labute approximate surface area is 187 Å². The van der Waals surface area contributed by atoms with E-state index in [2.05, 4.69) is 10.3 Å². The summed E-state index contributed by atoms with van der Waals surface area (Å²) in [6.07, 6.45) is 0. The van der Waals surface area contributed by atoms with E-state index in [1.807, 2.05) is 23.6 Å². The fraction of sp³-hybridized carbons (Fsp3) is 0.0455. The number of amides is 1. The highest BCUT2D eigenvalue weighted by atomic mass is 32.2. The molecule has 4 aromatic rings. The Morgan fingerprint density at radius 3 is 2.47 bits per heavy atom. The second-order valence-corrected chi connectivity index (χ2v) is 9.25. The predicted molar refractivity (Wildman–Crippen MR) is 122 cm³/mol. The van der Waals surface area contributed by atoms with Crippen molar-refractivity contribution in [3.63, 3.8) is 0 Å². The van der Waals surface area contributed by atoms with Crippen molar-refractivity contribution >= 4 is 49.8 Å². The first kappa shape index (κ1) is 21.6. The van der Waals surface area contributed by atoms with Crippen molar-refractivity contribution < 1.29 is 22.7 Å². The molecule has 1 amide bonds. The molecule has 0 aliphatic carbocycles. The van der Waals surface area contributed by atoms with Crippen LogP contribution in [-0.4, -0.2) is 31.9 Å². The third-order valence-corrected chi connectivity index (χ3v) is 6.33. The molecule has 0 aliphatic rings. The number of sulfonamides is 1. The van der Waals surface area contributed by atoms with Gasteiger partial charge in [-0.1, -0.05) is 24.3 Å². The quantitative estimate of drug-likeness (QED) is 0.418. The minimum absolute atomic E-state index is 0.0759. The van der Waals surface area contributed by atoms with Crippen LogP contribution in [0.4, 0.5) is 5.69 Å². The molecule has 10 heteroatoms. The number of hydrogen-bond acceptors (Lipinski definition) is 7. The van der Waals surface area contributed by atoms with Gasteiger partial charge in [-0.25, -0.2) is 23.3 Å². The van der Waals surface area contributed by atoms with Crippen molar-refractivity contribution in [3.05, 3.63) is 77.7 Å². The number of rotatable bonds is 6. The molecule has 162 valence electrons. The lowest BCUT2D eigenvalue weighted by molar-refractivity contribution is -0.119. The monoisotopic (exact) mass is 467 g/mol. The van der Waals surface area contributed by atoms with Gasteiger partial charge in [0.05, 0.1) is 26.5 Å². The van der Waals surface area contributed by atoms with Gasteiger partial charge < -0.3 is 10.1 Å². The fourth-order valence-corrected chi connectivity index (χ4v) is 4.23. The maximum absolute atomic E-state index is 12.8. The number of thiophene rings is 1. The minimum Gasteiger partial charge on any atom is -0.452 e. The first-order valence-electron chi connectivity index (χ1n) is 9.35. The number of esters is 1. The Morgan fingerprint density at radius 2 is 1.78 bits per heavy atom. The van der Waals surface area contributed by atoms with E-state index in [1.54, 1.807) is 24.3 Å². The zero-order valence-corrected chi connectivity index (χ0v) is 18.2. The van der Waals surface area contributed by atoms with Gasteiger partial charge in [0.2, 0.25) is 10.0 Å². The number of anilines is 1. The van der Waals surface area contributed by atoms with E-state index in [-0.39, 0.29) is 4.90 Å². The molecule has 0 atom stereocenters. The molecule has 3 N–H and O–H groups in total. The summed E-state index contributed by atoms with van der Waals surface area (Å²) in [5.41, 5.74) is 1.94. The van der Waals surface area contributed by atoms with Crippen LogP contribution in [0, 0.1) is 0 Å². The molecule has 0 bridgehead atoms. The summed E-state index contributed by atoms with van der Waals surface area (Å²) >= 11 is 1.50. The van der Waals surface area contributed by atoms with Crippen LogP contribution >= 0.6 is 11.3 Å². The van der Waals surface area contributed by atoms with E-state index in [4.69, 9.17) is 9.88 Å². The SMILES string of the molecule is NS(=O)(=O)c1ccc(NC(=O)COC(=O)c2cc(-c3cccs3)nc3ccccc23)cc1. The molecule has 4 rings (SSSR count). The fourth-order valence-electron chi connectivity index (χ4n) is 3.03. The molecular formula is C22H17N3O5S2. The van der Waals surface area contributed by atoms with Gasteiger partial charge in [-0.05, 0) is 47.8 Å². The molecule has 0 aliphatic heterocycles. The first-order valence-corrected chi connectivity index (χ1v) is 11.8. The van der Waals surface area contributed by atoms with E-state index < -0.39 is 28.5 Å². The Bertz CT molecular complexity index is 1400. The molecular weight excluding hydrogens is 450 g/mol. The van der Waals surface area contributed by atoms with Gasteiger partial charge in [0.1, 0.15) is 0 Å². The van der Waals surface area contributed by atoms with E-state index in [1.165, 1.54) is 35.6 Å². The molecule has 0 fully saturated rings. The number of fused-ring (bicyclic) bond motifs is 1. The number of para-hydroxylation sites is 1. The maximum atomic E-state index is 12.8. The highest BCUT2D eigenvalue weighted by Gasteiger charge is 2.17. The third kappa shape index (κ3) is 4.83. The largest absolute Gasteiger partial charge is 0.452 e. The van der Waals surface area contributed by atoms with Gasteiger partial charge in [0, 0.05) is 11.1 Å². The first-order chi connectivity index (χ1) is 15.3.